The lowest BCUT2D eigenvalue weighted by Crippen LogP contribution is -2.20. The van der Waals surface area contributed by atoms with Crippen molar-refractivity contribution in [3.63, 3.8) is 0 Å². The van der Waals surface area contributed by atoms with E-state index in [9.17, 15) is 0 Å². The summed E-state index contributed by atoms with van der Waals surface area (Å²) in [4.78, 5) is 0. The zero-order valence-electron chi connectivity index (χ0n) is 6.36. The number of rotatable bonds is 0. The van der Waals surface area contributed by atoms with E-state index in [4.69, 9.17) is 14.7 Å². The number of nitriles is 1. The Morgan fingerprint density at radius 2 is 2.50 bits per heavy atom. The third kappa shape index (κ3) is 1.08. The number of hydrogen-bond acceptors (Lipinski definition) is 3. The molecule has 0 spiro atoms. The fourth-order valence-corrected chi connectivity index (χ4v) is 1.17. The molecule has 3 nitrogen and oxygen atoms in total. The largest absolute Gasteiger partial charge is 0.497 e. The van der Waals surface area contributed by atoms with Gasteiger partial charge in [-0.05, 0) is 12.2 Å². The maximum atomic E-state index is 8.58. The van der Waals surface area contributed by atoms with Crippen molar-refractivity contribution in [3.8, 4) is 6.07 Å². The number of ether oxygens (including phenoxy) is 2. The Balaban J connectivity index is 2.27. The van der Waals surface area contributed by atoms with Crippen molar-refractivity contribution in [2.75, 3.05) is 6.61 Å². The molecule has 60 valence electrons. The standard InChI is InChI=1S/C9H7NO2/c10-4-7-3-8-6-11-2-1-9(8)12-5-7/h1-3,5,9H,6H2. The van der Waals surface area contributed by atoms with Crippen LogP contribution in [0.2, 0.25) is 0 Å². The van der Waals surface area contributed by atoms with Crippen LogP contribution in [0.4, 0.5) is 0 Å². The molecule has 1 unspecified atom stereocenters. The highest BCUT2D eigenvalue weighted by atomic mass is 16.5. The minimum atomic E-state index is -0.0316. The fourth-order valence-electron chi connectivity index (χ4n) is 1.17. The van der Waals surface area contributed by atoms with Gasteiger partial charge in [0.25, 0.3) is 0 Å². The molecule has 0 N–H and O–H groups in total. The molecule has 0 aromatic carbocycles. The molecule has 2 aliphatic rings. The summed E-state index contributed by atoms with van der Waals surface area (Å²) in [7, 11) is 0. The lowest BCUT2D eigenvalue weighted by Gasteiger charge is -2.23. The minimum Gasteiger partial charge on any atom is -0.497 e. The van der Waals surface area contributed by atoms with E-state index in [1.807, 2.05) is 12.1 Å². The summed E-state index contributed by atoms with van der Waals surface area (Å²) in [6.07, 6.45) is 6.69. The van der Waals surface area contributed by atoms with E-state index >= 15 is 0 Å². The molecule has 0 amide bonds. The van der Waals surface area contributed by atoms with Gasteiger partial charge in [0.1, 0.15) is 25.0 Å². The first-order chi connectivity index (χ1) is 5.90. The summed E-state index contributed by atoms with van der Waals surface area (Å²) < 4.78 is 10.3. The summed E-state index contributed by atoms with van der Waals surface area (Å²) in [5.74, 6) is 0. The molecule has 2 aliphatic heterocycles. The Morgan fingerprint density at radius 3 is 3.33 bits per heavy atom. The highest BCUT2D eigenvalue weighted by Gasteiger charge is 2.19. The summed E-state index contributed by atoms with van der Waals surface area (Å²) in [5, 5.41) is 8.58. The van der Waals surface area contributed by atoms with Crippen LogP contribution in [0, 0.1) is 11.3 Å². The first kappa shape index (κ1) is 6.99. The summed E-state index contributed by atoms with van der Waals surface area (Å²) in [5.41, 5.74) is 1.54. The second-order valence-electron chi connectivity index (χ2n) is 2.60. The van der Waals surface area contributed by atoms with Crippen molar-refractivity contribution in [1.29, 1.82) is 5.26 Å². The number of nitrogens with zero attached hydrogens (tertiary/aromatic N) is 1. The van der Waals surface area contributed by atoms with E-state index in [0.717, 1.165) is 5.57 Å². The van der Waals surface area contributed by atoms with Gasteiger partial charge in [0.2, 0.25) is 0 Å². The normalized spacial score (nSPS) is 25.4. The Bertz CT molecular complexity index is 320. The van der Waals surface area contributed by atoms with Gasteiger partial charge in [0.05, 0.1) is 11.8 Å². The molecule has 0 aromatic rings. The van der Waals surface area contributed by atoms with Gasteiger partial charge in [0, 0.05) is 5.57 Å². The van der Waals surface area contributed by atoms with Crippen LogP contribution in [0.15, 0.2) is 35.8 Å². The van der Waals surface area contributed by atoms with Crippen LogP contribution in [0.5, 0.6) is 0 Å². The topological polar surface area (TPSA) is 42.2 Å². The molecule has 0 aliphatic carbocycles. The van der Waals surface area contributed by atoms with Crippen molar-refractivity contribution in [1.82, 2.24) is 0 Å². The highest BCUT2D eigenvalue weighted by molar-refractivity contribution is 5.39. The van der Waals surface area contributed by atoms with E-state index in [1.54, 1.807) is 12.3 Å². The molecule has 0 aromatic heterocycles. The predicted molar refractivity (Wildman–Crippen MR) is 41.7 cm³/mol. The molecular weight excluding hydrogens is 154 g/mol. The average Bonchev–Trinajstić information content (AvgIpc) is 2.17. The van der Waals surface area contributed by atoms with Crippen molar-refractivity contribution >= 4 is 0 Å². The van der Waals surface area contributed by atoms with Crippen LogP contribution in [0.1, 0.15) is 0 Å². The molecule has 0 saturated heterocycles. The van der Waals surface area contributed by atoms with Crippen LogP contribution >= 0.6 is 0 Å². The van der Waals surface area contributed by atoms with Gasteiger partial charge in [0.15, 0.2) is 0 Å². The van der Waals surface area contributed by atoms with Gasteiger partial charge >= 0.3 is 0 Å². The number of hydrogen-bond donors (Lipinski definition) is 0. The van der Waals surface area contributed by atoms with Gasteiger partial charge < -0.3 is 9.47 Å². The van der Waals surface area contributed by atoms with E-state index in [-0.39, 0.29) is 6.10 Å². The summed E-state index contributed by atoms with van der Waals surface area (Å²) >= 11 is 0. The second kappa shape index (κ2) is 2.74. The lowest BCUT2D eigenvalue weighted by molar-refractivity contribution is 0.160. The number of fused-ring (bicyclic) bond motifs is 1. The number of allylic oxidation sites excluding steroid dienone is 2. The molecule has 0 bridgehead atoms. The Hall–Kier alpha value is -1.69. The molecular formula is C9H7NO2. The van der Waals surface area contributed by atoms with Gasteiger partial charge in [-0.25, -0.2) is 0 Å². The van der Waals surface area contributed by atoms with Crippen molar-refractivity contribution in [3.05, 3.63) is 35.8 Å². The van der Waals surface area contributed by atoms with Crippen molar-refractivity contribution < 1.29 is 9.47 Å². The maximum absolute atomic E-state index is 8.58. The molecule has 0 radical (unpaired) electrons. The molecule has 3 heteroatoms. The monoisotopic (exact) mass is 161 g/mol. The quantitative estimate of drug-likeness (QED) is 0.537. The van der Waals surface area contributed by atoms with Crippen LogP contribution in [-0.2, 0) is 9.47 Å². The fraction of sp³-hybridized carbons (Fsp3) is 0.222. The third-order valence-electron chi connectivity index (χ3n) is 1.78. The SMILES string of the molecule is N#CC1=COC2C=COCC2=C1. The molecule has 0 saturated carbocycles. The maximum Gasteiger partial charge on any atom is 0.144 e. The van der Waals surface area contributed by atoms with Gasteiger partial charge in [-0.1, -0.05) is 0 Å². The minimum absolute atomic E-state index is 0.0316. The smallest absolute Gasteiger partial charge is 0.144 e. The zero-order valence-corrected chi connectivity index (χ0v) is 6.36. The molecule has 1 atom stereocenters. The van der Waals surface area contributed by atoms with Crippen molar-refractivity contribution in [2.24, 2.45) is 0 Å². The molecule has 2 heterocycles. The van der Waals surface area contributed by atoms with Crippen molar-refractivity contribution in [2.45, 2.75) is 6.10 Å². The first-order valence-corrected chi connectivity index (χ1v) is 3.64. The third-order valence-corrected chi connectivity index (χ3v) is 1.78. The first-order valence-electron chi connectivity index (χ1n) is 3.64. The van der Waals surface area contributed by atoms with E-state index in [0.29, 0.717) is 12.2 Å². The molecule has 2 rings (SSSR count). The van der Waals surface area contributed by atoms with Gasteiger partial charge in [-0.3, -0.25) is 0 Å². The predicted octanol–water partition coefficient (Wildman–Crippen LogP) is 1.26. The van der Waals surface area contributed by atoms with Gasteiger partial charge in [-0.15, -0.1) is 0 Å². The zero-order chi connectivity index (χ0) is 8.39. The van der Waals surface area contributed by atoms with E-state index < -0.39 is 0 Å². The average molecular weight is 161 g/mol. The summed E-state index contributed by atoms with van der Waals surface area (Å²) in [6, 6.07) is 2.02. The van der Waals surface area contributed by atoms with Gasteiger partial charge in [-0.2, -0.15) is 5.26 Å². The van der Waals surface area contributed by atoms with Crippen LogP contribution in [0.25, 0.3) is 0 Å². The summed E-state index contributed by atoms with van der Waals surface area (Å²) in [6.45, 7) is 0.514. The molecule has 12 heavy (non-hydrogen) atoms. The molecule has 0 fully saturated rings. The van der Waals surface area contributed by atoms with Crippen LogP contribution < -0.4 is 0 Å². The second-order valence-corrected chi connectivity index (χ2v) is 2.60. The highest BCUT2D eigenvalue weighted by Crippen LogP contribution is 2.21. The van der Waals surface area contributed by atoms with E-state index in [2.05, 4.69) is 0 Å². The Labute approximate surface area is 70.2 Å². The lowest BCUT2D eigenvalue weighted by atomic mass is 10.0. The van der Waals surface area contributed by atoms with Crippen LogP contribution in [-0.4, -0.2) is 12.7 Å². The van der Waals surface area contributed by atoms with E-state index in [1.165, 1.54) is 6.26 Å². The van der Waals surface area contributed by atoms with Crippen LogP contribution in [0.3, 0.4) is 0 Å². The Kier molecular flexibility index (Phi) is 1.60. The Morgan fingerprint density at radius 1 is 1.58 bits per heavy atom.